The van der Waals surface area contributed by atoms with Crippen LogP contribution in [0.5, 0.6) is 0 Å². The Hall–Kier alpha value is -1.35. The molecule has 0 bridgehead atoms. The molecule has 62 valence electrons. The summed E-state index contributed by atoms with van der Waals surface area (Å²) in [5, 5.41) is 4.33. The normalized spacial score (nSPS) is 10.8. The van der Waals surface area contributed by atoms with E-state index >= 15 is 0 Å². The number of pyridine rings is 1. The summed E-state index contributed by atoms with van der Waals surface area (Å²) in [5.74, 6) is 0. The van der Waals surface area contributed by atoms with Crippen LogP contribution in [0.3, 0.4) is 0 Å². The van der Waals surface area contributed by atoms with Gasteiger partial charge in [-0.3, -0.25) is 4.98 Å². The lowest BCUT2D eigenvalue weighted by Crippen LogP contribution is -2.11. The second-order valence-corrected chi connectivity index (χ2v) is 2.73. The number of fused-ring (bicyclic) bond motifs is 1. The van der Waals surface area contributed by atoms with E-state index in [1.165, 1.54) is 10.9 Å². The predicted octanol–water partition coefficient (Wildman–Crippen LogP) is 1.21. The zero-order valence-corrected chi connectivity index (χ0v) is 6.99. The summed E-state index contributed by atoms with van der Waals surface area (Å²) in [6, 6.07) is 4.11. The van der Waals surface area contributed by atoms with Crippen LogP contribution in [-0.4, -0.2) is 16.6 Å². The maximum Gasteiger partial charge on any atom is 0.0724 e. The lowest BCUT2D eigenvalue weighted by molar-refractivity contribution is 0.637. The molecule has 0 saturated heterocycles. The van der Waals surface area contributed by atoms with Gasteiger partial charge >= 0.3 is 0 Å². The highest BCUT2D eigenvalue weighted by molar-refractivity contribution is 5.78. The van der Waals surface area contributed by atoms with Crippen LogP contribution in [0.1, 0.15) is 0 Å². The summed E-state index contributed by atoms with van der Waals surface area (Å²) in [7, 11) is 1.93. The Labute approximate surface area is 71.0 Å². The highest BCUT2D eigenvalue weighted by Gasteiger charge is 1.97. The fraction of sp³-hybridized carbons (Fsp3) is 0.222. The molecule has 0 saturated carbocycles. The molecule has 3 heteroatoms. The van der Waals surface area contributed by atoms with Crippen molar-refractivity contribution in [2.45, 2.75) is 6.67 Å². The molecule has 2 aromatic rings. The van der Waals surface area contributed by atoms with Crippen LogP contribution in [0.4, 0.5) is 0 Å². The maximum atomic E-state index is 4.08. The first-order valence-electron chi connectivity index (χ1n) is 3.95. The number of hydrogen-bond donors (Lipinski definition) is 1. The van der Waals surface area contributed by atoms with Gasteiger partial charge in [-0.1, -0.05) is 0 Å². The van der Waals surface area contributed by atoms with Crippen molar-refractivity contribution >= 4 is 10.9 Å². The summed E-state index contributed by atoms with van der Waals surface area (Å²) >= 11 is 0. The van der Waals surface area contributed by atoms with Gasteiger partial charge in [0.15, 0.2) is 0 Å². The largest absolute Gasteiger partial charge is 0.333 e. The Morgan fingerprint density at radius 2 is 2.42 bits per heavy atom. The first-order valence-corrected chi connectivity index (χ1v) is 3.95. The van der Waals surface area contributed by atoms with E-state index in [0.717, 1.165) is 6.67 Å². The SMILES string of the molecule is CNCn1ccc2ccncc21. The van der Waals surface area contributed by atoms with Gasteiger partial charge in [-0.25, -0.2) is 0 Å². The summed E-state index contributed by atoms with van der Waals surface area (Å²) in [6.07, 6.45) is 5.75. The number of aromatic nitrogens is 2. The topological polar surface area (TPSA) is 29.9 Å². The summed E-state index contributed by atoms with van der Waals surface area (Å²) in [4.78, 5) is 4.08. The molecule has 0 aromatic carbocycles. The molecule has 0 spiro atoms. The molecule has 0 atom stereocenters. The van der Waals surface area contributed by atoms with E-state index in [1.54, 1.807) is 0 Å². The zero-order chi connectivity index (χ0) is 8.39. The molecule has 0 amide bonds. The fourth-order valence-corrected chi connectivity index (χ4v) is 1.34. The van der Waals surface area contributed by atoms with Crippen molar-refractivity contribution in [2.75, 3.05) is 7.05 Å². The quantitative estimate of drug-likeness (QED) is 0.717. The third-order valence-electron chi connectivity index (χ3n) is 1.90. The second-order valence-electron chi connectivity index (χ2n) is 2.73. The molecule has 0 aliphatic heterocycles. The van der Waals surface area contributed by atoms with Crippen LogP contribution in [-0.2, 0) is 6.67 Å². The average molecular weight is 161 g/mol. The molecular formula is C9H11N3. The Morgan fingerprint density at radius 1 is 1.50 bits per heavy atom. The van der Waals surface area contributed by atoms with E-state index in [-0.39, 0.29) is 0 Å². The minimum absolute atomic E-state index is 0.829. The van der Waals surface area contributed by atoms with Crippen LogP contribution in [0.15, 0.2) is 30.7 Å². The van der Waals surface area contributed by atoms with Crippen molar-refractivity contribution < 1.29 is 0 Å². The van der Waals surface area contributed by atoms with E-state index in [9.17, 15) is 0 Å². The van der Waals surface area contributed by atoms with Crippen molar-refractivity contribution in [2.24, 2.45) is 0 Å². The monoisotopic (exact) mass is 161 g/mol. The molecule has 0 radical (unpaired) electrons. The standard InChI is InChI=1S/C9H11N3/c1-10-7-12-5-3-8-2-4-11-6-9(8)12/h2-6,10H,7H2,1H3. The second kappa shape index (κ2) is 2.95. The minimum Gasteiger partial charge on any atom is -0.333 e. The number of nitrogens with zero attached hydrogens (tertiary/aromatic N) is 2. The minimum atomic E-state index is 0.829. The van der Waals surface area contributed by atoms with Crippen molar-refractivity contribution in [1.82, 2.24) is 14.9 Å². The maximum absolute atomic E-state index is 4.08. The van der Waals surface area contributed by atoms with Gasteiger partial charge in [0.1, 0.15) is 0 Å². The highest BCUT2D eigenvalue weighted by Crippen LogP contribution is 2.12. The first-order chi connectivity index (χ1) is 5.92. The van der Waals surface area contributed by atoms with Crippen LogP contribution in [0.25, 0.3) is 10.9 Å². The van der Waals surface area contributed by atoms with E-state index in [0.29, 0.717) is 0 Å². The Balaban J connectivity index is 2.55. The lowest BCUT2D eigenvalue weighted by atomic mass is 10.3. The molecule has 12 heavy (non-hydrogen) atoms. The van der Waals surface area contributed by atoms with Crippen molar-refractivity contribution in [3.63, 3.8) is 0 Å². The van der Waals surface area contributed by atoms with Crippen molar-refractivity contribution in [3.8, 4) is 0 Å². The van der Waals surface area contributed by atoms with E-state index in [1.807, 2.05) is 25.5 Å². The molecule has 0 unspecified atom stereocenters. The molecule has 1 N–H and O–H groups in total. The van der Waals surface area contributed by atoms with Gasteiger partial charge in [-0.05, 0) is 19.2 Å². The highest BCUT2D eigenvalue weighted by atomic mass is 15.1. The van der Waals surface area contributed by atoms with Crippen LogP contribution < -0.4 is 5.32 Å². The Kier molecular flexibility index (Phi) is 1.80. The van der Waals surface area contributed by atoms with E-state index in [4.69, 9.17) is 0 Å². The van der Waals surface area contributed by atoms with Gasteiger partial charge in [0, 0.05) is 17.8 Å². The van der Waals surface area contributed by atoms with Gasteiger partial charge < -0.3 is 9.88 Å². The van der Waals surface area contributed by atoms with Gasteiger partial charge in [0.2, 0.25) is 0 Å². The number of rotatable bonds is 2. The van der Waals surface area contributed by atoms with Crippen molar-refractivity contribution in [3.05, 3.63) is 30.7 Å². The molecule has 0 aliphatic rings. The smallest absolute Gasteiger partial charge is 0.0724 e. The lowest BCUT2D eigenvalue weighted by Gasteiger charge is -2.01. The van der Waals surface area contributed by atoms with Crippen molar-refractivity contribution in [1.29, 1.82) is 0 Å². The Morgan fingerprint density at radius 3 is 3.25 bits per heavy atom. The Bertz CT molecular complexity index is 378. The molecule has 0 fully saturated rings. The molecule has 2 rings (SSSR count). The van der Waals surface area contributed by atoms with E-state index < -0.39 is 0 Å². The molecule has 2 heterocycles. The zero-order valence-electron chi connectivity index (χ0n) is 6.99. The van der Waals surface area contributed by atoms with Gasteiger partial charge in [0.25, 0.3) is 0 Å². The van der Waals surface area contributed by atoms with Crippen LogP contribution >= 0.6 is 0 Å². The number of nitrogens with one attached hydrogen (secondary N) is 1. The molecular weight excluding hydrogens is 150 g/mol. The van der Waals surface area contributed by atoms with Gasteiger partial charge in [0.05, 0.1) is 18.4 Å². The average Bonchev–Trinajstić information content (AvgIpc) is 2.50. The summed E-state index contributed by atoms with van der Waals surface area (Å²) in [5.41, 5.74) is 1.17. The summed E-state index contributed by atoms with van der Waals surface area (Å²) < 4.78 is 2.13. The predicted molar refractivity (Wildman–Crippen MR) is 48.8 cm³/mol. The van der Waals surface area contributed by atoms with Gasteiger partial charge in [-0.15, -0.1) is 0 Å². The van der Waals surface area contributed by atoms with E-state index in [2.05, 4.69) is 27.1 Å². The van der Waals surface area contributed by atoms with Crippen LogP contribution in [0, 0.1) is 0 Å². The fourth-order valence-electron chi connectivity index (χ4n) is 1.34. The first kappa shape index (κ1) is 7.31. The van der Waals surface area contributed by atoms with Gasteiger partial charge in [-0.2, -0.15) is 0 Å². The molecule has 3 nitrogen and oxygen atoms in total. The molecule has 0 aliphatic carbocycles. The van der Waals surface area contributed by atoms with Crippen LogP contribution in [0.2, 0.25) is 0 Å². The third kappa shape index (κ3) is 1.08. The third-order valence-corrected chi connectivity index (χ3v) is 1.90. The number of hydrogen-bond acceptors (Lipinski definition) is 2. The summed E-state index contributed by atoms with van der Waals surface area (Å²) in [6.45, 7) is 0.829. The molecule has 2 aromatic heterocycles.